The number of esters is 3. The van der Waals surface area contributed by atoms with Crippen molar-refractivity contribution in [2.75, 3.05) is 13.2 Å². The molecule has 0 aromatic heterocycles. The topological polar surface area (TPSA) is 181 Å². The lowest BCUT2D eigenvalue weighted by molar-refractivity contribution is -0.167. The van der Waals surface area contributed by atoms with Gasteiger partial charge in [0.25, 0.3) is 0 Å². The van der Waals surface area contributed by atoms with Gasteiger partial charge in [-0.15, -0.1) is 0 Å². The minimum Gasteiger partial charge on any atom is -0.462 e. The van der Waals surface area contributed by atoms with Crippen LogP contribution in [0.15, 0.2) is 0 Å². The van der Waals surface area contributed by atoms with Gasteiger partial charge in [-0.3, -0.25) is 28.8 Å². The number of ketones is 3. The Bertz CT molecular complexity index is 1360. The van der Waals surface area contributed by atoms with Crippen LogP contribution in [0, 0.1) is 0 Å². The lowest BCUT2D eigenvalue weighted by atomic mass is 10.0. The van der Waals surface area contributed by atoms with Crippen molar-refractivity contribution in [3.63, 3.8) is 0 Å². The zero-order valence-corrected chi connectivity index (χ0v) is 45.6. The van der Waals surface area contributed by atoms with E-state index in [0.29, 0.717) is 38.3 Å². The molecule has 1 atom stereocenters. The third kappa shape index (κ3) is 52.7. The van der Waals surface area contributed by atoms with Gasteiger partial charge in [0.05, 0.1) is 19.3 Å². The van der Waals surface area contributed by atoms with Gasteiger partial charge in [-0.2, -0.15) is 0 Å². The maximum Gasteiger partial charge on any atom is 0.306 e. The quantitative estimate of drug-likeness (QED) is 0.0185. The van der Waals surface area contributed by atoms with Gasteiger partial charge >= 0.3 is 17.9 Å². The highest BCUT2D eigenvalue weighted by Crippen LogP contribution is 2.18. The number of unbranched alkanes of at least 4 members (excludes halogenated alkanes) is 37. The predicted octanol–water partition coefficient (Wildman–Crippen LogP) is 15.0. The first-order valence-electron chi connectivity index (χ1n) is 29.6. The monoisotopic (exact) mass is 1020 g/mol. The Morgan fingerprint density at radius 1 is 0.278 bits per heavy atom. The minimum absolute atomic E-state index is 0.0466. The second kappa shape index (κ2) is 55.2. The van der Waals surface area contributed by atoms with Crippen LogP contribution >= 0.6 is 0 Å². The molecule has 0 radical (unpaired) electrons. The van der Waals surface area contributed by atoms with E-state index in [2.05, 4.69) is 0 Å². The summed E-state index contributed by atoms with van der Waals surface area (Å²) in [6.07, 6.45) is 46.7. The van der Waals surface area contributed by atoms with Crippen molar-refractivity contribution in [1.29, 1.82) is 0 Å². The molecule has 0 aromatic rings. The van der Waals surface area contributed by atoms with Crippen LogP contribution in [-0.4, -0.2) is 73.4 Å². The second-order valence-electron chi connectivity index (χ2n) is 20.5. The van der Waals surface area contributed by atoms with Gasteiger partial charge in [0, 0.05) is 38.5 Å². The summed E-state index contributed by atoms with van der Waals surface area (Å²) in [6.45, 7) is -0.268. The first-order valence-corrected chi connectivity index (χ1v) is 29.6. The summed E-state index contributed by atoms with van der Waals surface area (Å²) in [7, 11) is 0. The first kappa shape index (κ1) is 68.4. The van der Waals surface area contributed by atoms with E-state index in [0.717, 1.165) is 154 Å². The van der Waals surface area contributed by atoms with Crippen LogP contribution in [0.3, 0.4) is 0 Å². The Morgan fingerprint density at radius 3 is 0.861 bits per heavy atom. The first-order chi connectivity index (χ1) is 35.2. The van der Waals surface area contributed by atoms with Crippen molar-refractivity contribution in [2.45, 2.75) is 314 Å². The summed E-state index contributed by atoms with van der Waals surface area (Å²) in [5.41, 5.74) is 0. The summed E-state index contributed by atoms with van der Waals surface area (Å²) >= 11 is 0. The highest BCUT2D eigenvalue weighted by molar-refractivity contribution is 6.03. The molecule has 12 nitrogen and oxygen atoms in total. The molecule has 0 heterocycles. The number of hydrogen-bond acceptors (Lipinski definition) is 12. The second-order valence-corrected chi connectivity index (χ2v) is 20.5. The van der Waals surface area contributed by atoms with E-state index in [1.807, 2.05) is 0 Å². The Labute approximate surface area is 437 Å². The number of hydrogen-bond donors (Lipinski definition) is 0. The van der Waals surface area contributed by atoms with Crippen molar-refractivity contribution in [2.24, 2.45) is 0 Å². The SMILES string of the molecule is O=CCCCCCCCCCCCCCCCCCC(=O)OC(COC(=O)CCCCCCCCCCCCCCCC(=O)CC=O)COC(=O)CCCCCCCCCCCCCC(=O)CC(=O)CC=O. The zero-order valence-electron chi connectivity index (χ0n) is 45.6. The summed E-state index contributed by atoms with van der Waals surface area (Å²) < 4.78 is 16.8. The molecule has 1 unspecified atom stereocenters. The lowest BCUT2D eigenvalue weighted by Gasteiger charge is -2.18. The molecular weight excluding hydrogens is 913 g/mol. The Balaban J connectivity index is 4.35. The molecular formula is C60H104O12. The van der Waals surface area contributed by atoms with E-state index < -0.39 is 6.10 Å². The molecule has 0 aromatic carbocycles. The van der Waals surface area contributed by atoms with Gasteiger partial charge in [0.1, 0.15) is 49.4 Å². The fourth-order valence-electron chi connectivity index (χ4n) is 9.06. The number of carbonyl (C=O) groups is 9. The molecule has 416 valence electrons. The number of ether oxygens (including phenoxy) is 3. The van der Waals surface area contributed by atoms with Gasteiger partial charge in [-0.05, 0) is 38.5 Å². The van der Waals surface area contributed by atoms with E-state index in [-0.39, 0.29) is 80.6 Å². The molecule has 0 amide bonds. The van der Waals surface area contributed by atoms with E-state index in [1.165, 1.54) is 103 Å². The highest BCUT2D eigenvalue weighted by atomic mass is 16.6. The molecule has 72 heavy (non-hydrogen) atoms. The predicted molar refractivity (Wildman–Crippen MR) is 287 cm³/mol. The van der Waals surface area contributed by atoms with Crippen LogP contribution in [0.5, 0.6) is 0 Å². The molecule has 0 N–H and O–H groups in total. The maximum atomic E-state index is 12.9. The van der Waals surface area contributed by atoms with Crippen molar-refractivity contribution in [3.05, 3.63) is 0 Å². The average Bonchev–Trinajstić information content (AvgIpc) is 3.36. The zero-order chi connectivity index (χ0) is 52.6. The van der Waals surface area contributed by atoms with Crippen molar-refractivity contribution in [3.8, 4) is 0 Å². The summed E-state index contributed by atoms with van der Waals surface area (Å²) in [4.78, 5) is 104. The lowest BCUT2D eigenvalue weighted by Crippen LogP contribution is -2.30. The van der Waals surface area contributed by atoms with Crippen LogP contribution in [-0.2, 0) is 57.4 Å². The maximum absolute atomic E-state index is 12.9. The standard InChI is InChI=1S/C60H104O12/c61-48-40-34-28-22-16-9-4-2-1-3-7-14-21-27-33-39-45-60(69)72-57(52-70-58(67)43-37-31-25-19-13-8-5-6-11-17-23-29-35-41-54(64)46-49-62)53-71-59(68)44-38-32-26-20-15-10-12-18-24-30-36-42-55(65)51-56(66)47-50-63/h48-50,57H,1-47,51-53H2. The molecule has 0 fully saturated rings. The van der Waals surface area contributed by atoms with Gasteiger partial charge in [-0.1, -0.05) is 212 Å². The van der Waals surface area contributed by atoms with E-state index >= 15 is 0 Å². The molecule has 0 spiro atoms. The van der Waals surface area contributed by atoms with Crippen molar-refractivity contribution >= 4 is 54.1 Å². The number of rotatable bonds is 59. The normalized spacial score (nSPS) is 11.5. The molecule has 0 saturated carbocycles. The molecule has 0 aliphatic heterocycles. The van der Waals surface area contributed by atoms with Gasteiger partial charge < -0.3 is 28.6 Å². The molecule has 12 heteroatoms. The Morgan fingerprint density at radius 2 is 0.542 bits per heavy atom. The number of carbonyl (C=O) groups excluding carboxylic acids is 9. The van der Waals surface area contributed by atoms with Crippen LogP contribution in [0.4, 0.5) is 0 Å². The Hall–Kier alpha value is -3.57. The fourth-order valence-corrected chi connectivity index (χ4v) is 9.06. The molecule has 0 rings (SSSR count). The van der Waals surface area contributed by atoms with Crippen LogP contribution in [0.2, 0.25) is 0 Å². The molecule has 0 saturated heterocycles. The van der Waals surface area contributed by atoms with Crippen LogP contribution in [0.1, 0.15) is 308 Å². The van der Waals surface area contributed by atoms with E-state index in [9.17, 15) is 43.2 Å². The third-order valence-corrected chi connectivity index (χ3v) is 13.6. The average molecular weight is 1020 g/mol. The van der Waals surface area contributed by atoms with Crippen LogP contribution in [0.25, 0.3) is 0 Å². The summed E-state index contributed by atoms with van der Waals surface area (Å²) in [6, 6.07) is 0. The van der Waals surface area contributed by atoms with Gasteiger partial charge in [0.15, 0.2) is 6.10 Å². The third-order valence-electron chi connectivity index (χ3n) is 13.6. The fraction of sp³-hybridized carbons (Fsp3) is 0.850. The van der Waals surface area contributed by atoms with E-state index in [4.69, 9.17) is 14.2 Å². The van der Waals surface area contributed by atoms with E-state index in [1.54, 1.807) is 0 Å². The largest absolute Gasteiger partial charge is 0.462 e. The van der Waals surface area contributed by atoms with Crippen molar-refractivity contribution < 1.29 is 57.4 Å². The molecule has 0 aliphatic carbocycles. The minimum atomic E-state index is -0.837. The number of Topliss-reactive ketones (excluding diaryl/α,β-unsaturated/α-hetero) is 3. The van der Waals surface area contributed by atoms with Gasteiger partial charge in [0.2, 0.25) is 0 Å². The molecule has 0 aliphatic rings. The summed E-state index contributed by atoms with van der Waals surface area (Å²) in [5, 5.41) is 0. The number of aldehydes is 3. The molecule has 0 bridgehead atoms. The highest BCUT2D eigenvalue weighted by Gasteiger charge is 2.20. The van der Waals surface area contributed by atoms with Gasteiger partial charge in [-0.25, -0.2) is 0 Å². The summed E-state index contributed by atoms with van der Waals surface area (Å²) in [5.74, 6) is -1.37. The Kier molecular flexibility index (Phi) is 52.5. The van der Waals surface area contributed by atoms with Crippen molar-refractivity contribution in [1.82, 2.24) is 0 Å². The smallest absolute Gasteiger partial charge is 0.306 e. The van der Waals surface area contributed by atoms with Crippen LogP contribution < -0.4 is 0 Å².